The summed E-state index contributed by atoms with van der Waals surface area (Å²) >= 11 is 0. The molecule has 0 fully saturated rings. The summed E-state index contributed by atoms with van der Waals surface area (Å²) in [6.45, 7) is 2.26. The quantitative estimate of drug-likeness (QED) is 0.354. The molecule has 0 aliphatic heterocycles. The van der Waals surface area contributed by atoms with Crippen LogP contribution >= 0.6 is 0 Å². The maximum atomic E-state index is 10.9. The predicted molar refractivity (Wildman–Crippen MR) is 88.1 cm³/mol. The molecule has 1 nitrogen and oxygen atoms in total. The smallest absolute Gasteiger partial charge is 0.150 e. The number of rotatable bonds is 11. The lowest BCUT2D eigenvalue weighted by molar-refractivity contribution is 0.112. The van der Waals surface area contributed by atoms with E-state index in [4.69, 9.17) is 0 Å². The third-order valence-electron chi connectivity index (χ3n) is 3.64. The van der Waals surface area contributed by atoms with Gasteiger partial charge >= 0.3 is 0 Å². The van der Waals surface area contributed by atoms with Crippen LogP contribution in [0.4, 0.5) is 0 Å². The van der Waals surface area contributed by atoms with E-state index >= 15 is 0 Å². The molecule has 0 radical (unpaired) electrons. The van der Waals surface area contributed by atoms with Gasteiger partial charge in [0, 0.05) is 5.56 Å². The van der Waals surface area contributed by atoms with E-state index in [0.717, 1.165) is 23.8 Å². The van der Waals surface area contributed by atoms with Crippen LogP contribution in [0.2, 0.25) is 0 Å². The van der Waals surface area contributed by atoms with Crippen LogP contribution in [-0.4, -0.2) is 6.29 Å². The minimum absolute atomic E-state index is 0.777. The third kappa shape index (κ3) is 7.28. The molecule has 0 N–H and O–H groups in total. The number of carbonyl (C=O) groups excluding carboxylic acids is 1. The molecule has 0 bridgehead atoms. The summed E-state index contributed by atoms with van der Waals surface area (Å²) < 4.78 is 0. The Hall–Kier alpha value is -1.37. The molecule has 0 saturated carbocycles. The maximum absolute atomic E-state index is 10.9. The van der Waals surface area contributed by atoms with E-state index in [1.54, 1.807) is 0 Å². The van der Waals surface area contributed by atoms with E-state index in [9.17, 15) is 4.79 Å². The Bertz CT molecular complexity index is 393. The van der Waals surface area contributed by atoms with Gasteiger partial charge in [0.1, 0.15) is 0 Å². The fourth-order valence-corrected chi connectivity index (χ4v) is 2.38. The average molecular weight is 272 g/mol. The largest absolute Gasteiger partial charge is 0.298 e. The maximum Gasteiger partial charge on any atom is 0.150 e. The van der Waals surface area contributed by atoms with Crippen molar-refractivity contribution in [2.24, 2.45) is 0 Å². The Morgan fingerprint density at radius 1 is 0.850 bits per heavy atom. The van der Waals surface area contributed by atoms with E-state index < -0.39 is 0 Å². The van der Waals surface area contributed by atoms with Gasteiger partial charge < -0.3 is 0 Å². The van der Waals surface area contributed by atoms with Crippen molar-refractivity contribution in [3.8, 4) is 0 Å². The molecule has 1 heteroatoms. The topological polar surface area (TPSA) is 17.1 Å². The van der Waals surface area contributed by atoms with Crippen LogP contribution in [0.25, 0.3) is 6.08 Å². The van der Waals surface area contributed by atoms with Crippen LogP contribution in [-0.2, 0) is 0 Å². The van der Waals surface area contributed by atoms with Crippen molar-refractivity contribution in [1.82, 2.24) is 0 Å². The number of carbonyl (C=O) groups is 1. The predicted octanol–water partition coefficient (Wildman–Crippen LogP) is 6.04. The summed E-state index contributed by atoms with van der Waals surface area (Å²) in [4.78, 5) is 10.9. The summed E-state index contributed by atoms with van der Waals surface area (Å²) in [6.07, 6.45) is 17.2. The molecule has 1 aromatic rings. The molecule has 0 aliphatic carbocycles. The lowest BCUT2D eigenvalue weighted by Crippen LogP contribution is -1.84. The molecule has 0 atom stereocenters. The number of allylic oxidation sites excluding steroid dienone is 1. The molecule has 0 saturated heterocycles. The van der Waals surface area contributed by atoms with E-state index in [2.05, 4.69) is 19.1 Å². The lowest BCUT2D eigenvalue weighted by Gasteiger charge is -2.00. The summed E-state index contributed by atoms with van der Waals surface area (Å²) in [7, 11) is 0. The lowest BCUT2D eigenvalue weighted by atomic mass is 10.1. The number of hydrogen-bond donors (Lipinski definition) is 0. The van der Waals surface area contributed by atoms with Gasteiger partial charge in [0.2, 0.25) is 0 Å². The summed E-state index contributed by atoms with van der Waals surface area (Å²) in [5.41, 5.74) is 1.81. The van der Waals surface area contributed by atoms with Crippen molar-refractivity contribution >= 4 is 12.4 Å². The minimum atomic E-state index is 0.777. The van der Waals surface area contributed by atoms with Crippen LogP contribution in [0.5, 0.6) is 0 Å². The number of benzene rings is 1. The second-order valence-electron chi connectivity index (χ2n) is 5.41. The molecule has 0 spiro atoms. The summed E-state index contributed by atoms with van der Waals surface area (Å²) in [6, 6.07) is 7.74. The van der Waals surface area contributed by atoms with Gasteiger partial charge in [-0.05, 0) is 18.4 Å². The molecule has 0 heterocycles. The first-order valence-electron chi connectivity index (χ1n) is 8.09. The second kappa shape index (κ2) is 11.5. The first-order chi connectivity index (χ1) is 9.88. The Labute approximate surface area is 124 Å². The Kier molecular flexibility index (Phi) is 9.56. The van der Waals surface area contributed by atoms with Gasteiger partial charge in [-0.3, -0.25) is 4.79 Å². The van der Waals surface area contributed by atoms with Gasteiger partial charge in [0.25, 0.3) is 0 Å². The monoisotopic (exact) mass is 272 g/mol. The summed E-state index contributed by atoms with van der Waals surface area (Å²) in [5, 5.41) is 0. The van der Waals surface area contributed by atoms with E-state index in [1.807, 2.05) is 24.3 Å². The highest BCUT2D eigenvalue weighted by Crippen LogP contribution is 2.12. The van der Waals surface area contributed by atoms with E-state index in [-0.39, 0.29) is 0 Å². The van der Waals surface area contributed by atoms with Crippen molar-refractivity contribution in [2.45, 2.75) is 64.7 Å². The highest BCUT2D eigenvalue weighted by Gasteiger charge is 1.95. The number of aldehydes is 1. The van der Waals surface area contributed by atoms with Crippen molar-refractivity contribution in [2.75, 3.05) is 0 Å². The Morgan fingerprint density at radius 2 is 1.45 bits per heavy atom. The van der Waals surface area contributed by atoms with Crippen LogP contribution in [0, 0.1) is 0 Å². The van der Waals surface area contributed by atoms with Crippen molar-refractivity contribution in [3.05, 3.63) is 41.5 Å². The van der Waals surface area contributed by atoms with Crippen molar-refractivity contribution in [1.29, 1.82) is 0 Å². The van der Waals surface area contributed by atoms with Gasteiger partial charge in [-0.1, -0.05) is 88.3 Å². The molecule has 0 amide bonds. The molecule has 0 unspecified atom stereocenters. The van der Waals surface area contributed by atoms with Crippen LogP contribution in [0.3, 0.4) is 0 Å². The first-order valence-corrected chi connectivity index (χ1v) is 8.09. The van der Waals surface area contributed by atoms with Gasteiger partial charge in [-0.15, -0.1) is 0 Å². The van der Waals surface area contributed by atoms with Gasteiger partial charge in [0.15, 0.2) is 6.29 Å². The molecular weight excluding hydrogens is 244 g/mol. The highest BCUT2D eigenvalue weighted by molar-refractivity contribution is 5.81. The van der Waals surface area contributed by atoms with Gasteiger partial charge in [-0.25, -0.2) is 0 Å². The molecule has 20 heavy (non-hydrogen) atoms. The molecule has 0 aliphatic rings. The Morgan fingerprint density at radius 3 is 2.10 bits per heavy atom. The average Bonchev–Trinajstić information content (AvgIpc) is 2.49. The van der Waals surface area contributed by atoms with E-state index in [0.29, 0.717) is 0 Å². The molecule has 0 aromatic heterocycles. The fraction of sp³-hybridized carbons (Fsp3) is 0.526. The molecule has 110 valence electrons. The normalized spacial score (nSPS) is 11.1. The minimum Gasteiger partial charge on any atom is -0.298 e. The van der Waals surface area contributed by atoms with Crippen LogP contribution in [0.15, 0.2) is 30.3 Å². The van der Waals surface area contributed by atoms with Crippen LogP contribution < -0.4 is 0 Å². The standard InChI is InChI=1S/C19H28O/c1-2-3-4-5-6-7-8-9-10-11-14-18-15-12-13-16-19(18)17-20/h11-17H,2-10H2,1H3/b14-11-. The zero-order valence-corrected chi connectivity index (χ0v) is 12.8. The van der Waals surface area contributed by atoms with Crippen LogP contribution in [0.1, 0.15) is 80.6 Å². The summed E-state index contributed by atoms with van der Waals surface area (Å²) in [5.74, 6) is 0. The van der Waals surface area contributed by atoms with Crippen molar-refractivity contribution in [3.63, 3.8) is 0 Å². The number of unbranched alkanes of at least 4 members (excludes halogenated alkanes) is 8. The zero-order valence-electron chi connectivity index (χ0n) is 12.8. The SMILES string of the molecule is CCCCCCCCCC/C=C\c1ccccc1C=O. The van der Waals surface area contributed by atoms with E-state index in [1.165, 1.54) is 51.4 Å². The van der Waals surface area contributed by atoms with Crippen molar-refractivity contribution < 1.29 is 4.79 Å². The molecular formula is C19H28O. The van der Waals surface area contributed by atoms with Gasteiger partial charge in [0.05, 0.1) is 0 Å². The first kappa shape index (κ1) is 16.7. The number of hydrogen-bond acceptors (Lipinski definition) is 1. The molecule has 1 rings (SSSR count). The highest BCUT2D eigenvalue weighted by atomic mass is 16.1. The molecule has 1 aromatic carbocycles. The fourth-order valence-electron chi connectivity index (χ4n) is 2.38. The second-order valence-corrected chi connectivity index (χ2v) is 5.41. The Balaban J connectivity index is 2.09. The van der Waals surface area contributed by atoms with Gasteiger partial charge in [-0.2, -0.15) is 0 Å². The third-order valence-corrected chi connectivity index (χ3v) is 3.64. The zero-order chi connectivity index (χ0) is 14.5.